The minimum atomic E-state index is -0.570. The average molecular weight is 606 g/mol. The van der Waals surface area contributed by atoms with E-state index in [9.17, 15) is 9.59 Å². The summed E-state index contributed by atoms with van der Waals surface area (Å²) in [5.41, 5.74) is 6.76. The number of fused-ring (bicyclic) bond motifs is 1. The van der Waals surface area contributed by atoms with Gasteiger partial charge >= 0.3 is 12.2 Å². The van der Waals surface area contributed by atoms with Crippen molar-refractivity contribution in [3.8, 4) is 33.8 Å². The fraction of sp³-hybridized carbons (Fsp3) is 0.333. The normalized spacial score (nSPS) is 14.3. The second-order valence-corrected chi connectivity index (χ2v) is 13.0. The van der Waals surface area contributed by atoms with E-state index in [0.29, 0.717) is 11.3 Å². The van der Waals surface area contributed by atoms with Gasteiger partial charge in [0, 0.05) is 22.9 Å². The molecule has 0 atom stereocenters. The van der Waals surface area contributed by atoms with Gasteiger partial charge in [0.05, 0.1) is 34.9 Å². The summed E-state index contributed by atoms with van der Waals surface area (Å²) in [5.74, 6) is 0. The van der Waals surface area contributed by atoms with E-state index < -0.39 is 23.3 Å². The molecule has 3 heterocycles. The van der Waals surface area contributed by atoms with Crippen LogP contribution in [-0.2, 0) is 15.0 Å². The molecule has 1 N–H and O–H groups in total. The molecule has 0 bridgehead atoms. The van der Waals surface area contributed by atoms with Crippen LogP contribution in [-0.4, -0.2) is 43.1 Å². The molecule has 1 fully saturated rings. The molecular weight excluding hydrogens is 566 g/mol. The van der Waals surface area contributed by atoms with Gasteiger partial charge in [-0.3, -0.25) is 4.40 Å². The van der Waals surface area contributed by atoms with Crippen LogP contribution in [0.15, 0.2) is 79.1 Å². The lowest BCUT2D eigenvalue weighted by Crippen LogP contribution is -2.52. The van der Waals surface area contributed by atoms with Crippen molar-refractivity contribution >= 4 is 17.8 Å². The maximum absolute atomic E-state index is 12.9. The topological polar surface area (TPSA) is 99.8 Å². The number of aromatic nitrogens is 4. The lowest BCUT2D eigenvalue weighted by Gasteiger charge is -2.43. The number of hydrogen-bond acceptors (Lipinski definition) is 6. The standard InChI is InChI=1S/C36H39N5O4/c1-23(2)44-34(43)41-29(17-20-37-41)28-21-24(3)22-40-31(26-11-8-7-9-12-26)30(38-32(28)40)25-13-15-27(16-14-25)36(18-10-19-36)39-33(42)45-35(4,5)6/h7-9,11-17,20-23H,10,18-19H2,1-6H3,(H,39,42). The number of alkyl carbamates (subject to hydrolysis) is 1. The molecular formula is C36H39N5O4. The predicted octanol–water partition coefficient (Wildman–Crippen LogP) is 8.14. The number of ether oxygens (including phenoxy) is 2. The molecule has 1 aliphatic rings. The van der Waals surface area contributed by atoms with Crippen molar-refractivity contribution in [3.63, 3.8) is 0 Å². The Hall–Kier alpha value is -4.92. The maximum Gasteiger partial charge on any atom is 0.435 e. The van der Waals surface area contributed by atoms with Gasteiger partial charge in [0.15, 0.2) is 0 Å². The molecule has 1 saturated carbocycles. The van der Waals surface area contributed by atoms with Gasteiger partial charge in [0.1, 0.15) is 11.2 Å². The molecule has 3 aromatic heterocycles. The molecule has 0 aliphatic heterocycles. The van der Waals surface area contributed by atoms with Gasteiger partial charge in [-0.05, 0) is 84.1 Å². The van der Waals surface area contributed by atoms with Crippen LogP contribution in [0.25, 0.3) is 39.4 Å². The van der Waals surface area contributed by atoms with Gasteiger partial charge in [-0.15, -0.1) is 0 Å². The first-order valence-electron chi connectivity index (χ1n) is 15.4. The van der Waals surface area contributed by atoms with Gasteiger partial charge in [0.2, 0.25) is 0 Å². The summed E-state index contributed by atoms with van der Waals surface area (Å²) >= 11 is 0. The number of nitrogens with zero attached hydrogens (tertiary/aromatic N) is 4. The van der Waals surface area contributed by atoms with E-state index in [1.165, 1.54) is 4.68 Å². The van der Waals surface area contributed by atoms with Crippen molar-refractivity contribution in [1.29, 1.82) is 0 Å². The molecule has 232 valence electrons. The molecule has 1 aliphatic carbocycles. The summed E-state index contributed by atoms with van der Waals surface area (Å²) in [6, 6.07) is 22.3. The number of nitrogens with one attached hydrogen (secondary N) is 1. The second-order valence-electron chi connectivity index (χ2n) is 13.0. The molecule has 9 nitrogen and oxygen atoms in total. The number of benzene rings is 2. The summed E-state index contributed by atoms with van der Waals surface area (Å²) in [6.07, 6.45) is 5.17. The summed E-state index contributed by atoms with van der Waals surface area (Å²) in [7, 11) is 0. The van der Waals surface area contributed by atoms with E-state index in [1.807, 2.05) is 65.8 Å². The molecule has 5 aromatic rings. The zero-order chi connectivity index (χ0) is 31.9. The van der Waals surface area contributed by atoms with Crippen molar-refractivity contribution in [2.45, 2.75) is 78.0 Å². The minimum absolute atomic E-state index is 0.281. The first kappa shape index (κ1) is 30.1. The SMILES string of the molecule is Cc1cc(-c2ccnn2C(=O)OC(C)C)c2nc(-c3ccc(C4(NC(=O)OC(C)(C)C)CCC4)cc3)c(-c3ccccc3)n2c1. The Kier molecular flexibility index (Phi) is 7.72. The van der Waals surface area contributed by atoms with Crippen LogP contribution in [0.4, 0.5) is 9.59 Å². The van der Waals surface area contributed by atoms with E-state index in [-0.39, 0.29) is 6.10 Å². The highest BCUT2D eigenvalue weighted by molar-refractivity contribution is 5.89. The molecule has 0 spiro atoms. The summed E-state index contributed by atoms with van der Waals surface area (Å²) in [4.78, 5) is 30.9. The molecule has 6 rings (SSSR count). The van der Waals surface area contributed by atoms with Gasteiger partial charge in [0.25, 0.3) is 0 Å². The summed E-state index contributed by atoms with van der Waals surface area (Å²) in [6.45, 7) is 11.2. The largest absolute Gasteiger partial charge is 0.445 e. The molecule has 9 heteroatoms. The Balaban J connectivity index is 1.46. The first-order valence-corrected chi connectivity index (χ1v) is 15.4. The number of imidazole rings is 1. The number of rotatable bonds is 6. The highest BCUT2D eigenvalue weighted by Gasteiger charge is 2.41. The molecule has 1 amide bonds. The zero-order valence-electron chi connectivity index (χ0n) is 26.6. The summed E-state index contributed by atoms with van der Waals surface area (Å²) < 4.78 is 14.4. The first-order chi connectivity index (χ1) is 21.4. The predicted molar refractivity (Wildman–Crippen MR) is 174 cm³/mol. The molecule has 2 aromatic carbocycles. The van der Waals surface area contributed by atoms with Gasteiger partial charge in [-0.25, -0.2) is 14.6 Å². The van der Waals surface area contributed by atoms with Crippen molar-refractivity contribution in [2.75, 3.05) is 0 Å². The highest BCUT2D eigenvalue weighted by atomic mass is 16.6. The fourth-order valence-corrected chi connectivity index (χ4v) is 5.91. The van der Waals surface area contributed by atoms with Gasteiger partial charge < -0.3 is 14.8 Å². The van der Waals surface area contributed by atoms with Crippen molar-refractivity contribution in [1.82, 2.24) is 24.5 Å². The monoisotopic (exact) mass is 605 g/mol. The third-order valence-electron chi connectivity index (χ3n) is 7.99. The molecule has 0 radical (unpaired) electrons. The fourth-order valence-electron chi connectivity index (χ4n) is 5.91. The van der Waals surface area contributed by atoms with E-state index in [1.54, 1.807) is 12.3 Å². The van der Waals surface area contributed by atoms with Crippen LogP contribution in [0, 0.1) is 6.92 Å². The highest BCUT2D eigenvalue weighted by Crippen LogP contribution is 2.43. The van der Waals surface area contributed by atoms with E-state index >= 15 is 0 Å². The third-order valence-corrected chi connectivity index (χ3v) is 7.99. The van der Waals surface area contributed by atoms with Crippen LogP contribution in [0.2, 0.25) is 0 Å². The number of pyridine rings is 1. The van der Waals surface area contributed by atoms with Crippen molar-refractivity contribution in [3.05, 3.63) is 90.3 Å². The quantitative estimate of drug-likeness (QED) is 0.210. The zero-order valence-corrected chi connectivity index (χ0v) is 26.6. The maximum atomic E-state index is 12.9. The molecule has 0 saturated heterocycles. The van der Waals surface area contributed by atoms with E-state index in [0.717, 1.165) is 58.5 Å². The minimum Gasteiger partial charge on any atom is -0.445 e. The van der Waals surface area contributed by atoms with Gasteiger partial charge in [-0.2, -0.15) is 9.78 Å². The van der Waals surface area contributed by atoms with Crippen LogP contribution in [0.1, 0.15) is 65.0 Å². The average Bonchev–Trinajstić information content (AvgIpc) is 3.59. The summed E-state index contributed by atoms with van der Waals surface area (Å²) in [5, 5.41) is 7.43. The van der Waals surface area contributed by atoms with E-state index in [2.05, 4.69) is 57.4 Å². The van der Waals surface area contributed by atoms with Crippen molar-refractivity contribution in [2.24, 2.45) is 0 Å². The lowest BCUT2D eigenvalue weighted by molar-refractivity contribution is 0.0377. The number of amides is 1. The Bertz CT molecular complexity index is 1860. The lowest BCUT2D eigenvalue weighted by atomic mass is 9.71. The van der Waals surface area contributed by atoms with Crippen LogP contribution in [0.3, 0.4) is 0 Å². The third kappa shape index (κ3) is 5.94. The molecule has 0 unspecified atom stereocenters. The number of carbonyl (C=O) groups is 2. The second kappa shape index (κ2) is 11.5. The van der Waals surface area contributed by atoms with Crippen LogP contribution >= 0.6 is 0 Å². The number of carbonyl (C=O) groups excluding carboxylic acids is 2. The van der Waals surface area contributed by atoms with E-state index in [4.69, 9.17) is 14.5 Å². The van der Waals surface area contributed by atoms with Gasteiger partial charge in [-0.1, -0.05) is 54.6 Å². The van der Waals surface area contributed by atoms with Crippen LogP contribution < -0.4 is 5.32 Å². The number of hydrogen-bond donors (Lipinski definition) is 1. The Morgan fingerprint density at radius 1 is 0.978 bits per heavy atom. The Labute approximate surface area is 263 Å². The Morgan fingerprint density at radius 3 is 2.31 bits per heavy atom. The Morgan fingerprint density at radius 2 is 1.69 bits per heavy atom. The molecule has 45 heavy (non-hydrogen) atoms. The number of aryl methyl sites for hydroxylation is 1. The van der Waals surface area contributed by atoms with Crippen molar-refractivity contribution < 1.29 is 19.1 Å². The van der Waals surface area contributed by atoms with Crippen LogP contribution in [0.5, 0.6) is 0 Å². The smallest absolute Gasteiger partial charge is 0.435 e.